The molecular formula is C20H20O3. The van der Waals surface area contributed by atoms with Gasteiger partial charge in [0, 0.05) is 35.6 Å². The quantitative estimate of drug-likeness (QED) is 0.843. The Balaban J connectivity index is 1.81. The SMILES string of the molecule is CCOC1CC2C(=C(c3ccccc3)O1)COc1ccccc12. The number of hydrogen-bond acceptors (Lipinski definition) is 3. The van der Waals surface area contributed by atoms with Gasteiger partial charge in [0.05, 0.1) is 0 Å². The Morgan fingerprint density at radius 2 is 1.83 bits per heavy atom. The van der Waals surface area contributed by atoms with Crippen LogP contribution in [0.25, 0.3) is 5.76 Å². The van der Waals surface area contributed by atoms with Gasteiger partial charge in [0.1, 0.15) is 18.1 Å². The van der Waals surface area contributed by atoms with Crippen molar-refractivity contribution in [2.45, 2.75) is 25.6 Å². The molecule has 23 heavy (non-hydrogen) atoms. The van der Waals surface area contributed by atoms with E-state index >= 15 is 0 Å². The third kappa shape index (κ3) is 2.62. The average Bonchev–Trinajstić information content (AvgIpc) is 2.62. The van der Waals surface area contributed by atoms with Gasteiger partial charge in [-0.2, -0.15) is 0 Å². The second-order valence-electron chi connectivity index (χ2n) is 5.84. The highest BCUT2D eigenvalue weighted by atomic mass is 16.7. The topological polar surface area (TPSA) is 27.7 Å². The van der Waals surface area contributed by atoms with Crippen LogP contribution in [0.2, 0.25) is 0 Å². The van der Waals surface area contributed by atoms with Crippen molar-refractivity contribution in [3.63, 3.8) is 0 Å². The number of para-hydroxylation sites is 1. The van der Waals surface area contributed by atoms with Crippen molar-refractivity contribution in [1.29, 1.82) is 0 Å². The summed E-state index contributed by atoms with van der Waals surface area (Å²) < 4.78 is 17.9. The lowest BCUT2D eigenvalue weighted by atomic mass is 9.83. The van der Waals surface area contributed by atoms with Crippen LogP contribution in [0.4, 0.5) is 0 Å². The van der Waals surface area contributed by atoms with E-state index in [1.165, 1.54) is 11.1 Å². The lowest BCUT2D eigenvalue weighted by Gasteiger charge is -2.37. The molecule has 0 N–H and O–H groups in total. The predicted octanol–water partition coefficient (Wildman–Crippen LogP) is 4.36. The summed E-state index contributed by atoms with van der Waals surface area (Å²) in [5, 5.41) is 0. The maximum atomic E-state index is 6.17. The number of rotatable bonds is 3. The van der Waals surface area contributed by atoms with Crippen LogP contribution in [0.1, 0.15) is 30.4 Å². The molecule has 118 valence electrons. The third-order valence-corrected chi connectivity index (χ3v) is 4.46. The van der Waals surface area contributed by atoms with E-state index in [0.29, 0.717) is 19.1 Å². The summed E-state index contributed by atoms with van der Waals surface area (Å²) in [4.78, 5) is 0. The zero-order chi connectivity index (χ0) is 15.6. The second-order valence-corrected chi connectivity index (χ2v) is 5.84. The highest BCUT2D eigenvalue weighted by Crippen LogP contribution is 2.46. The van der Waals surface area contributed by atoms with Crippen LogP contribution in [-0.2, 0) is 9.47 Å². The van der Waals surface area contributed by atoms with E-state index in [1.54, 1.807) is 0 Å². The van der Waals surface area contributed by atoms with Gasteiger partial charge in [-0.05, 0) is 13.0 Å². The zero-order valence-corrected chi connectivity index (χ0v) is 13.2. The fourth-order valence-corrected chi connectivity index (χ4v) is 3.42. The lowest BCUT2D eigenvalue weighted by molar-refractivity contribution is -0.106. The Morgan fingerprint density at radius 1 is 1.04 bits per heavy atom. The van der Waals surface area contributed by atoms with E-state index < -0.39 is 0 Å². The molecule has 3 heteroatoms. The largest absolute Gasteiger partial charge is 0.489 e. The fourth-order valence-electron chi connectivity index (χ4n) is 3.42. The summed E-state index contributed by atoms with van der Waals surface area (Å²) in [7, 11) is 0. The molecular weight excluding hydrogens is 288 g/mol. The van der Waals surface area contributed by atoms with Gasteiger partial charge in [-0.1, -0.05) is 48.5 Å². The first-order valence-corrected chi connectivity index (χ1v) is 8.15. The van der Waals surface area contributed by atoms with E-state index in [2.05, 4.69) is 24.3 Å². The Morgan fingerprint density at radius 3 is 2.65 bits per heavy atom. The number of fused-ring (bicyclic) bond motifs is 3. The highest BCUT2D eigenvalue weighted by Gasteiger charge is 2.36. The first-order chi connectivity index (χ1) is 11.4. The molecule has 0 aromatic heterocycles. The maximum Gasteiger partial charge on any atom is 0.200 e. The van der Waals surface area contributed by atoms with Crippen molar-refractivity contribution in [3.05, 3.63) is 71.3 Å². The van der Waals surface area contributed by atoms with Crippen LogP contribution >= 0.6 is 0 Å². The van der Waals surface area contributed by atoms with Gasteiger partial charge >= 0.3 is 0 Å². The Kier molecular flexibility index (Phi) is 3.80. The average molecular weight is 308 g/mol. The molecule has 2 aliphatic rings. The van der Waals surface area contributed by atoms with Crippen LogP contribution in [-0.4, -0.2) is 19.5 Å². The molecule has 0 spiro atoms. The summed E-state index contributed by atoms with van der Waals surface area (Å²) in [5.74, 6) is 2.18. The van der Waals surface area contributed by atoms with Crippen molar-refractivity contribution in [2.24, 2.45) is 0 Å². The van der Waals surface area contributed by atoms with Crippen LogP contribution in [0.15, 0.2) is 60.2 Å². The molecule has 2 aliphatic heterocycles. The minimum absolute atomic E-state index is 0.213. The van der Waals surface area contributed by atoms with Crippen molar-refractivity contribution in [2.75, 3.05) is 13.2 Å². The smallest absolute Gasteiger partial charge is 0.200 e. The van der Waals surface area contributed by atoms with Crippen molar-refractivity contribution >= 4 is 5.76 Å². The molecule has 0 amide bonds. The minimum Gasteiger partial charge on any atom is -0.489 e. The third-order valence-electron chi connectivity index (χ3n) is 4.46. The van der Waals surface area contributed by atoms with E-state index in [-0.39, 0.29) is 6.29 Å². The van der Waals surface area contributed by atoms with Gasteiger partial charge in [-0.3, -0.25) is 0 Å². The molecule has 0 fully saturated rings. The second kappa shape index (κ2) is 6.09. The minimum atomic E-state index is -0.213. The number of hydrogen-bond donors (Lipinski definition) is 0. The molecule has 2 unspecified atom stereocenters. The van der Waals surface area contributed by atoms with Gasteiger partial charge < -0.3 is 14.2 Å². The highest BCUT2D eigenvalue weighted by molar-refractivity contribution is 5.67. The normalized spacial score (nSPS) is 22.7. The van der Waals surface area contributed by atoms with Gasteiger partial charge in [0.15, 0.2) is 0 Å². The first kappa shape index (κ1) is 14.3. The maximum absolute atomic E-state index is 6.17. The van der Waals surface area contributed by atoms with E-state index in [0.717, 1.165) is 23.5 Å². The molecule has 2 heterocycles. The van der Waals surface area contributed by atoms with E-state index in [4.69, 9.17) is 14.2 Å². The molecule has 0 bridgehead atoms. The lowest BCUT2D eigenvalue weighted by Crippen LogP contribution is -2.31. The molecule has 2 atom stereocenters. The van der Waals surface area contributed by atoms with Crippen LogP contribution in [0.3, 0.4) is 0 Å². The Hall–Kier alpha value is -2.26. The van der Waals surface area contributed by atoms with E-state index in [1.807, 2.05) is 37.3 Å². The summed E-state index contributed by atoms with van der Waals surface area (Å²) in [6.07, 6.45) is 0.620. The Labute approximate surface area is 136 Å². The van der Waals surface area contributed by atoms with Gasteiger partial charge in [0.2, 0.25) is 6.29 Å². The standard InChI is InChI=1S/C20H20O3/c1-2-21-19-12-16-15-10-6-7-11-18(15)22-13-17(16)20(23-19)14-8-4-3-5-9-14/h3-11,16,19H,2,12-13H2,1H3. The summed E-state index contributed by atoms with van der Waals surface area (Å²) in [6, 6.07) is 18.5. The molecule has 0 saturated heterocycles. The first-order valence-electron chi connectivity index (χ1n) is 8.15. The Bertz CT molecular complexity index is 721. The molecule has 0 aliphatic carbocycles. The molecule has 4 rings (SSSR count). The molecule has 2 aromatic carbocycles. The zero-order valence-electron chi connectivity index (χ0n) is 13.2. The van der Waals surface area contributed by atoms with Crippen LogP contribution < -0.4 is 4.74 Å². The fraction of sp³-hybridized carbons (Fsp3) is 0.300. The van der Waals surface area contributed by atoms with Gasteiger partial charge in [0.25, 0.3) is 0 Å². The van der Waals surface area contributed by atoms with Crippen molar-refractivity contribution in [1.82, 2.24) is 0 Å². The summed E-state index contributed by atoms with van der Waals surface area (Å²) >= 11 is 0. The van der Waals surface area contributed by atoms with Gasteiger partial charge in [-0.25, -0.2) is 0 Å². The van der Waals surface area contributed by atoms with Crippen molar-refractivity contribution in [3.8, 4) is 5.75 Å². The van der Waals surface area contributed by atoms with Crippen molar-refractivity contribution < 1.29 is 14.2 Å². The number of benzene rings is 2. The molecule has 0 saturated carbocycles. The molecule has 0 radical (unpaired) electrons. The number of ether oxygens (including phenoxy) is 3. The monoisotopic (exact) mass is 308 g/mol. The summed E-state index contributed by atoms with van der Waals surface area (Å²) in [6.45, 7) is 3.22. The van der Waals surface area contributed by atoms with E-state index in [9.17, 15) is 0 Å². The molecule has 2 aromatic rings. The van der Waals surface area contributed by atoms with Crippen LogP contribution in [0, 0.1) is 0 Å². The van der Waals surface area contributed by atoms with Crippen LogP contribution in [0.5, 0.6) is 5.75 Å². The summed E-state index contributed by atoms with van der Waals surface area (Å²) in [5.41, 5.74) is 3.53. The van der Waals surface area contributed by atoms with Gasteiger partial charge in [-0.15, -0.1) is 0 Å². The molecule has 3 nitrogen and oxygen atoms in total. The predicted molar refractivity (Wildman–Crippen MR) is 89.2 cm³/mol.